The molecule has 0 unspecified atom stereocenters. The molecule has 0 N–H and O–H groups in total. The Bertz CT molecular complexity index is 1240. The molecule has 0 bridgehead atoms. The summed E-state index contributed by atoms with van der Waals surface area (Å²) in [5.41, 5.74) is 2.40. The molecule has 7 nitrogen and oxygen atoms in total. The number of hydrogen-bond donors (Lipinski definition) is 0. The van der Waals surface area contributed by atoms with Crippen molar-refractivity contribution in [1.29, 1.82) is 0 Å². The number of hydrogen-bond acceptors (Lipinski definition) is 4. The van der Waals surface area contributed by atoms with Crippen molar-refractivity contribution in [3.63, 3.8) is 0 Å². The van der Waals surface area contributed by atoms with E-state index in [4.69, 9.17) is 4.74 Å². The molecule has 3 aromatic heterocycles. The van der Waals surface area contributed by atoms with Gasteiger partial charge in [0.05, 0.1) is 5.39 Å². The molecule has 0 radical (unpaired) electrons. The SMILES string of the molecule is COCCCn1c(C(=O)N(C)Cc2ccccc2)cc2c(=O)n3ccccc3nc21. The molecule has 0 fully saturated rings. The Morgan fingerprint density at radius 1 is 1.13 bits per heavy atom. The lowest BCUT2D eigenvalue weighted by atomic mass is 10.2. The molecule has 0 aliphatic rings. The Balaban J connectivity index is 1.79. The first kappa shape index (κ1) is 19.8. The quantitative estimate of drug-likeness (QED) is 0.444. The maximum absolute atomic E-state index is 13.3. The van der Waals surface area contributed by atoms with Crippen LogP contribution in [0.1, 0.15) is 22.5 Å². The van der Waals surface area contributed by atoms with Gasteiger partial charge in [-0.05, 0) is 30.2 Å². The third-order valence-electron chi connectivity index (χ3n) is 5.14. The number of carbonyl (C=O) groups excluding carboxylic acids is 1. The van der Waals surface area contributed by atoms with Crippen LogP contribution in [0.3, 0.4) is 0 Å². The van der Waals surface area contributed by atoms with Gasteiger partial charge in [-0.15, -0.1) is 0 Å². The summed E-state index contributed by atoms with van der Waals surface area (Å²) >= 11 is 0. The predicted molar refractivity (Wildman–Crippen MR) is 116 cm³/mol. The number of aryl methyl sites for hydroxylation is 1. The van der Waals surface area contributed by atoms with E-state index in [2.05, 4.69) is 4.98 Å². The molecule has 1 aromatic carbocycles. The summed E-state index contributed by atoms with van der Waals surface area (Å²) < 4.78 is 8.52. The highest BCUT2D eigenvalue weighted by Crippen LogP contribution is 2.19. The molecule has 0 saturated carbocycles. The minimum Gasteiger partial charge on any atom is -0.385 e. The van der Waals surface area contributed by atoms with Crippen molar-refractivity contribution in [2.75, 3.05) is 20.8 Å². The zero-order valence-electron chi connectivity index (χ0n) is 17.1. The van der Waals surface area contributed by atoms with Gasteiger partial charge in [0.25, 0.3) is 11.5 Å². The maximum atomic E-state index is 13.3. The van der Waals surface area contributed by atoms with Crippen LogP contribution in [-0.4, -0.2) is 45.5 Å². The van der Waals surface area contributed by atoms with Crippen LogP contribution in [0.25, 0.3) is 16.7 Å². The average Bonchev–Trinajstić information content (AvgIpc) is 3.13. The van der Waals surface area contributed by atoms with Gasteiger partial charge in [0, 0.05) is 40.1 Å². The molecule has 0 aliphatic carbocycles. The molecule has 0 spiro atoms. The fourth-order valence-electron chi connectivity index (χ4n) is 3.65. The second-order valence-corrected chi connectivity index (χ2v) is 7.26. The number of methoxy groups -OCH3 is 1. The zero-order chi connectivity index (χ0) is 21.1. The fraction of sp³-hybridized carbons (Fsp3) is 0.261. The Hall–Kier alpha value is -3.45. The smallest absolute Gasteiger partial charge is 0.270 e. The van der Waals surface area contributed by atoms with E-state index < -0.39 is 0 Å². The monoisotopic (exact) mass is 404 g/mol. The number of rotatable bonds is 7. The Morgan fingerprint density at radius 2 is 1.90 bits per heavy atom. The zero-order valence-corrected chi connectivity index (χ0v) is 17.1. The number of fused-ring (bicyclic) bond motifs is 2. The van der Waals surface area contributed by atoms with E-state index in [9.17, 15) is 9.59 Å². The van der Waals surface area contributed by atoms with Crippen LogP contribution in [-0.2, 0) is 17.8 Å². The molecule has 154 valence electrons. The highest BCUT2D eigenvalue weighted by Gasteiger charge is 2.22. The third kappa shape index (κ3) is 3.71. The Labute approximate surface area is 174 Å². The average molecular weight is 404 g/mol. The van der Waals surface area contributed by atoms with Crippen LogP contribution in [0, 0.1) is 0 Å². The first-order valence-electron chi connectivity index (χ1n) is 9.89. The van der Waals surface area contributed by atoms with Gasteiger partial charge >= 0.3 is 0 Å². The van der Waals surface area contributed by atoms with E-state index in [1.54, 1.807) is 43.5 Å². The summed E-state index contributed by atoms with van der Waals surface area (Å²) in [6.45, 7) is 1.57. The fourth-order valence-corrected chi connectivity index (χ4v) is 3.65. The molecule has 0 aliphatic heterocycles. The summed E-state index contributed by atoms with van der Waals surface area (Å²) in [7, 11) is 3.41. The van der Waals surface area contributed by atoms with Gasteiger partial charge in [-0.2, -0.15) is 0 Å². The molecule has 4 rings (SSSR count). The molecule has 1 amide bonds. The van der Waals surface area contributed by atoms with Gasteiger partial charge in [0.2, 0.25) is 0 Å². The van der Waals surface area contributed by atoms with E-state index in [-0.39, 0.29) is 11.5 Å². The number of ether oxygens (including phenoxy) is 1. The normalized spacial score (nSPS) is 11.3. The van der Waals surface area contributed by atoms with Crippen LogP contribution < -0.4 is 5.56 Å². The third-order valence-corrected chi connectivity index (χ3v) is 5.14. The molecule has 30 heavy (non-hydrogen) atoms. The van der Waals surface area contributed by atoms with Crippen LogP contribution in [0.5, 0.6) is 0 Å². The highest BCUT2D eigenvalue weighted by molar-refractivity contribution is 5.98. The first-order chi connectivity index (χ1) is 14.6. The minimum atomic E-state index is -0.180. The second kappa shape index (κ2) is 8.51. The van der Waals surface area contributed by atoms with Gasteiger partial charge < -0.3 is 14.2 Å². The number of pyridine rings is 1. The van der Waals surface area contributed by atoms with Crippen LogP contribution in [0.15, 0.2) is 65.6 Å². The van der Waals surface area contributed by atoms with Gasteiger partial charge in [-0.3, -0.25) is 14.0 Å². The lowest BCUT2D eigenvalue weighted by Crippen LogP contribution is -2.28. The standard InChI is InChI=1S/C23H24N4O3/c1-25(16-17-9-4-3-5-10-17)23(29)19-15-18-21(26(19)13-8-14-30-2)24-20-11-6-7-12-27(20)22(18)28/h3-7,9-12,15H,8,13-14,16H2,1-2H3. The van der Waals surface area contributed by atoms with Crippen molar-refractivity contribution in [3.05, 3.63) is 82.4 Å². The molecule has 4 aromatic rings. The van der Waals surface area contributed by atoms with Crippen LogP contribution in [0.2, 0.25) is 0 Å². The molecular formula is C23H24N4O3. The van der Waals surface area contributed by atoms with Gasteiger partial charge in [-0.1, -0.05) is 36.4 Å². The molecule has 3 heterocycles. The van der Waals surface area contributed by atoms with E-state index in [0.717, 1.165) is 5.56 Å². The number of amides is 1. The largest absolute Gasteiger partial charge is 0.385 e. The van der Waals surface area contributed by atoms with Gasteiger partial charge in [-0.25, -0.2) is 4.98 Å². The number of nitrogens with zero attached hydrogens (tertiary/aromatic N) is 4. The van der Waals surface area contributed by atoms with E-state index in [1.165, 1.54) is 4.40 Å². The van der Waals surface area contributed by atoms with Crippen molar-refractivity contribution < 1.29 is 9.53 Å². The van der Waals surface area contributed by atoms with Crippen LogP contribution >= 0.6 is 0 Å². The summed E-state index contributed by atoms with van der Waals surface area (Å²) in [6, 6.07) is 16.9. The van der Waals surface area contributed by atoms with E-state index in [1.807, 2.05) is 41.0 Å². The molecule has 7 heteroatoms. The number of benzene rings is 1. The van der Waals surface area contributed by atoms with Crippen molar-refractivity contribution >= 4 is 22.6 Å². The Kier molecular flexibility index (Phi) is 5.63. The highest BCUT2D eigenvalue weighted by atomic mass is 16.5. The second-order valence-electron chi connectivity index (χ2n) is 7.26. The Morgan fingerprint density at radius 3 is 2.67 bits per heavy atom. The summed E-state index contributed by atoms with van der Waals surface area (Å²) in [5, 5.41) is 0.438. The lowest BCUT2D eigenvalue weighted by molar-refractivity contribution is 0.0773. The van der Waals surface area contributed by atoms with Crippen molar-refractivity contribution in [1.82, 2.24) is 18.9 Å². The summed E-state index contributed by atoms with van der Waals surface area (Å²) in [6.07, 6.45) is 2.40. The van der Waals surface area contributed by atoms with Crippen LogP contribution in [0.4, 0.5) is 0 Å². The molecule has 0 atom stereocenters. The summed E-state index contributed by atoms with van der Waals surface area (Å²) in [5.74, 6) is -0.150. The topological polar surface area (TPSA) is 68.8 Å². The van der Waals surface area contributed by atoms with Crippen molar-refractivity contribution in [2.45, 2.75) is 19.5 Å². The maximum Gasteiger partial charge on any atom is 0.270 e. The minimum absolute atomic E-state index is 0.150. The van der Waals surface area contributed by atoms with Crippen molar-refractivity contribution in [3.8, 4) is 0 Å². The number of aromatic nitrogens is 3. The van der Waals surface area contributed by atoms with E-state index >= 15 is 0 Å². The van der Waals surface area contributed by atoms with Gasteiger partial charge in [0.15, 0.2) is 0 Å². The molecular weight excluding hydrogens is 380 g/mol. The summed E-state index contributed by atoms with van der Waals surface area (Å²) in [4.78, 5) is 32.7. The lowest BCUT2D eigenvalue weighted by Gasteiger charge is -2.19. The first-order valence-corrected chi connectivity index (χ1v) is 9.89. The van der Waals surface area contributed by atoms with Crippen molar-refractivity contribution in [2.24, 2.45) is 0 Å². The predicted octanol–water partition coefficient (Wildman–Crippen LogP) is 2.96. The molecule has 0 saturated heterocycles. The van der Waals surface area contributed by atoms with E-state index in [0.29, 0.717) is 48.5 Å². The van der Waals surface area contributed by atoms with Gasteiger partial charge in [0.1, 0.15) is 17.0 Å². The number of carbonyl (C=O) groups is 1.